The molecule has 0 nitrogen and oxygen atoms in total. The van der Waals surface area contributed by atoms with E-state index in [1.165, 1.54) is 6.42 Å². The predicted octanol–water partition coefficient (Wildman–Crippen LogP) is 3.28. The molecule has 0 amide bonds. The van der Waals surface area contributed by atoms with Crippen molar-refractivity contribution < 1.29 is 0 Å². The van der Waals surface area contributed by atoms with Gasteiger partial charge in [-0.1, -0.05) is 33.6 Å². The first-order valence-corrected chi connectivity index (χ1v) is 3.75. The molecule has 0 aliphatic carbocycles. The van der Waals surface area contributed by atoms with E-state index in [2.05, 4.69) is 34.6 Å². The Labute approximate surface area is 59.7 Å². The van der Waals surface area contributed by atoms with E-state index in [0.29, 0.717) is 5.41 Å². The molecule has 0 rings (SSSR count). The topological polar surface area (TPSA) is 0 Å². The monoisotopic (exact) mass is 127 g/mol. The average Bonchev–Trinajstić information content (AvgIpc) is 1.62. The van der Waals surface area contributed by atoms with Crippen LogP contribution in [0.1, 0.15) is 40.5 Å². The van der Waals surface area contributed by atoms with Crippen molar-refractivity contribution in [3.05, 3.63) is 6.92 Å². The highest BCUT2D eigenvalue weighted by atomic mass is 14.2. The third-order valence-electron chi connectivity index (χ3n) is 1.45. The van der Waals surface area contributed by atoms with Gasteiger partial charge in [0.1, 0.15) is 0 Å². The summed E-state index contributed by atoms with van der Waals surface area (Å²) >= 11 is 0. The molecular formula is C9H19-. The van der Waals surface area contributed by atoms with Crippen LogP contribution in [-0.2, 0) is 0 Å². The van der Waals surface area contributed by atoms with Gasteiger partial charge in [-0.25, -0.2) is 0 Å². The van der Waals surface area contributed by atoms with Crippen LogP contribution < -0.4 is 0 Å². The summed E-state index contributed by atoms with van der Waals surface area (Å²) in [5.41, 5.74) is 0.483. The Morgan fingerprint density at radius 2 is 1.78 bits per heavy atom. The maximum absolute atomic E-state index is 3.87. The molecule has 0 aliphatic rings. The Balaban J connectivity index is 3.47. The van der Waals surface area contributed by atoms with Gasteiger partial charge in [0, 0.05) is 0 Å². The lowest BCUT2D eigenvalue weighted by Gasteiger charge is -2.23. The van der Waals surface area contributed by atoms with E-state index >= 15 is 0 Å². The largest absolute Gasteiger partial charge is 0.343 e. The maximum Gasteiger partial charge on any atom is -0.0381 e. The molecule has 0 saturated carbocycles. The number of hydrogen-bond donors (Lipinski definition) is 0. The maximum atomic E-state index is 3.87. The van der Waals surface area contributed by atoms with E-state index in [1.54, 1.807) is 0 Å². The molecule has 1 unspecified atom stereocenters. The van der Waals surface area contributed by atoms with E-state index in [-0.39, 0.29) is 0 Å². The Hall–Kier alpha value is 0. The summed E-state index contributed by atoms with van der Waals surface area (Å²) in [6.07, 6.45) is 2.35. The zero-order valence-corrected chi connectivity index (χ0v) is 7.20. The van der Waals surface area contributed by atoms with Crippen LogP contribution in [0.2, 0.25) is 0 Å². The van der Waals surface area contributed by atoms with Gasteiger partial charge in [0.25, 0.3) is 0 Å². The van der Waals surface area contributed by atoms with Crippen LogP contribution in [0.5, 0.6) is 0 Å². The van der Waals surface area contributed by atoms with Crippen LogP contribution in [0, 0.1) is 18.3 Å². The molecule has 0 aromatic rings. The second-order valence-corrected chi connectivity index (χ2v) is 4.16. The van der Waals surface area contributed by atoms with Gasteiger partial charge in [-0.15, -0.1) is 0 Å². The fourth-order valence-electron chi connectivity index (χ4n) is 1.15. The molecule has 1 atom stereocenters. The second-order valence-electron chi connectivity index (χ2n) is 4.16. The van der Waals surface area contributed by atoms with E-state index < -0.39 is 0 Å². The van der Waals surface area contributed by atoms with Crippen LogP contribution in [0.15, 0.2) is 0 Å². The lowest BCUT2D eigenvalue weighted by atomic mass is 9.84. The lowest BCUT2D eigenvalue weighted by Crippen LogP contribution is -2.09. The molecule has 56 valence electrons. The van der Waals surface area contributed by atoms with Gasteiger partial charge in [-0.2, -0.15) is 6.42 Å². The molecule has 0 radical (unpaired) electrons. The highest BCUT2D eigenvalue weighted by Gasteiger charge is 2.11. The first-order valence-electron chi connectivity index (χ1n) is 3.75. The standard InChI is InChI=1S/C9H19/c1-6-8(2)7-9(3,4)5/h8H,1,6-7H2,2-5H3/q-1. The Kier molecular flexibility index (Phi) is 3.24. The van der Waals surface area contributed by atoms with Crippen molar-refractivity contribution in [1.82, 2.24) is 0 Å². The zero-order valence-electron chi connectivity index (χ0n) is 7.20. The summed E-state index contributed by atoms with van der Waals surface area (Å²) < 4.78 is 0. The molecule has 0 aromatic carbocycles. The smallest absolute Gasteiger partial charge is 0.0381 e. The van der Waals surface area contributed by atoms with Crippen LogP contribution in [0.4, 0.5) is 0 Å². The zero-order chi connectivity index (χ0) is 7.49. The summed E-state index contributed by atoms with van der Waals surface area (Å²) in [6.45, 7) is 13.0. The van der Waals surface area contributed by atoms with E-state index in [4.69, 9.17) is 0 Å². The summed E-state index contributed by atoms with van der Waals surface area (Å²) in [4.78, 5) is 0. The number of rotatable bonds is 2. The van der Waals surface area contributed by atoms with E-state index in [0.717, 1.165) is 12.3 Å². The fourth-order valence-corrected chi connectivity index (χ4v) is 1.15. The molecule has 0 spiro atoms. The van der Waals surface area contributed by atoms with Gasteiger partial charge >= 0.3 is 0 Å². The van der Waals surface area contributed by atoms with Gasteiger partial charge in [0.15, 0.2) is 0 Å². The molecule has 0 bridgehead atoms. The van der Waals surface area contributed by atoms with Gasteiger partial charge in [-0.05, 0) is 11.8 Å². The third kappa shape index (κ3) is 5.88. The SMILES string of the molecule is [CH2-]CC(C)CC(C)(C)C. The normalized spacial score (nSPS) is 15.7. The molecule has 0 heteroatoms. The summed E-state index contributed by atoms with van der Waals surface area (Å²) in [5, 5.41) is 0. The van der Waals surface area contributed by atoms with E-state index in [9.17, 15) is 0 Å². The molecule has 0 fully saturated rings. The predicted molar refractivity (Wildman–Crippen MR) is 43.2 cm³/mol. The highest BCUT2D eigenvalue weighted by Crippen LogP contribution is 2.25. The molecule has 0 aromatic heterocycles. The summed E-state index contributed by atoms with van der Waals surface area (Å²) in [5.74, 6) is 0.782. The minimum Gasteiger partial charge on any atom is -0.343 e. The third-order valence-corrected chi connectivity index (χ3v) is 1.45. The summed E-state index contributed by atoms with van der Waals surface area (Å²) in [7, 11) is 0. The van der Waals surface area contributed by atoms with Gasteiger partial charge in [0.2, 0.25) is 0 Å². The molecular weight excluding hydrogens is 108 g/mol. The minimum absolute atomic E-state index is 0.483. The summed E-state index contributed by atoms with van der Waals surface area (Å²) in [6, 6.07) is 0. The molecule has 9 heavy (non-hydrogen) atoms. The van der Waals surface area contributed by atoms with Crippen LogP contribution in [-0.4, -0.2) is 0 Å². The first-order chi connectivity index (χ1) is 3.95. The Morgan fingerprint density at radius 3 is 1.89 bits per heavy atom. The van der Waals surface area contributed by atoms with Crippen molar-refractivity contribution in [2.45, 2.75) is 40.5 Å². The van der Waals surface area contributed by atoms with Crippen LogP contribution >= 0.6 is 0 Å². The van der Waals surface area contributed by atoms with Crippen LogP contribution in [0.3, 0.4) is 0 Å². The van der Waals surface area contributed by atoms with Crippen molar-refractivity contribution in [3.63, 3.8) is 0 Å². The average molecular weight is 127 g/mol. The number of hydrogen-bond acceptors (Lipinski definition) is 0. The Morgan fingerprint density at radius 1 is 1.33 bits per heavy atom. The van der Waals surface area contributed by atoms with Gasteiger partial charge < -0.3 is 6.92 Å². The Bertz CT molecular complexity index is 66.6. The minimum atomic E-state index is 0.483. The lowest BCUT2D eigenvalue weighted by molar-refractivity contribution is 0.308. The highest BCUT2D eigenvalue weighted by molar-refractivity contribution is 4.66. The van der Waals surface area contributed by atoms with Crippen LogP contribution in [0.25, 0.3) is 0 Å². The van der Waals surface area contributed by atoms with Crippen molar-refractivity contribution >= 4 is 0 Å². The first kappa shape index (κ1) is 9.00. The van der Waals surface area contributed by atoms with Crippen molar-refractivity contribution in [3.8, 4) is 0 Å². The second kappa shape index (κ2) is 3.24. The quantitative estimate of drug-likeness (QED) is 0.499. The van der Waals surface area contributed by atoms with Gasteiger partial charge in [-0.3, -0.25) is 0 Å². The molecule has 0 aliphatic heterocycles. The molecule has 0 N–H and O–H groups in total. The van der Waals surface area contributed by atoms with Crippen molar-refractivity contribution in [2.24, 2.45) is 11.3 Å². The fraction of sp³-hybridized carbons (Fsp3) is 0.889. The van der Waals surface area contributed by atoms with Crippen molar-refractivity contribution in [2.75, 3.05) is 0 Å². The van der Waals surface area contributed by atoms with Gasteiger partial charge in [0.05, 0.1) is 0 Å². The molecule has 0 saturated heterocycles. The van der Waals surface area contributed by atoms with E-state index in [1.807, 2.05) is 0 Å². The molecule has 0 heterocycles. The van der Waals surface area contributed by atoms with Crippen molar-refractivity contribution in [1.29, 1.82) is 0 Å².